The molecule has 0 amide bonds. The van der Waals surface area contributed by atoms with E-state index in [1.54, 1.807) is 16.7 Å². The highest BCUT2D eigenvalue weighted by Crippen LogP contribution is 2.19. The van der Waals surface area contributed by atoms with Crippen molar-refractivity contribution in [2.24, 2.45) is 0 Å². The normalized spacial score (nSPS) is 13.8. The Morgan fingerprint density at radius 3 is 3.16 bits per heavy atom. The van der Waals surface area contributed by atoms with Gasteiger partial charge in [0, 0.05) is 13.0 Å². The number of nitrogens with zero attached hydrogens (tertiary/aromatic N) is 2. The second kappa shape index (κ2) is 4.77. The van der Waals surface area contributed by atoms with Crippen molar-refractivity contribution in [2.45, 2.75) is 25.8 Å². The Bertz CT molecular complexity index is 725. The molecule has 1 aromatic carbocycles. The predicted octanol–water partition coefficient (Wildman–Crippen LogP) is 1.74. The summed E-state index contributed by atoms with van der Waals surface area (Å²) in [7, 11) is 0. The van der Waals surface area contributed by atoms with E-state index in [4.69, 9.17) is 11.2 Å². The summed E-state index contributed by atoms with van der Waals surface area (Å²) in [6.07, 6.45) is 8.17. The van der Waals surface area contributed by atoms with Crippen molar-refractivity contribution in [3.63, 3.8) is 0 Å². The van der Waals surface area contributed by atoms with Gasteiger partial charge in [-0.25, -0.2) is 4.98 Å². The summed E-state index contributed by atoms with van der Waals surface area (Å²) in [5, 5.41) is 0.597. The zero-order valence-corrected chi connectivity index (χ0v) is 10.6. The van der Waals surface area contributed by atoms with Gasteiger partial charge in [0.25, 0.3) is 5.56 Å². The Balaban J connectivity index is 2.15. The van der Waals surface area contributed by atoms with Crippen molar-refractivity contribution in [1.82, 2.24) is 9.55 Å². The van der Waals surface area contributed by atoms with Crippen LogP contribution in [0.15, 0.2) is 23.0 Å². The molecule has 2 aromatic rings. The third kappa shape index (κ3) is 2.08. The highest BCUT2D eigenvalue weighted by molar-refractivity contribution is 5.79. The van der Waals surface area contributed by atoms with Crippen LogP contribution in [-0.4, -0.2) is 16.2 Å². The van der Waals surface area contributed by atoms with Gasteiger partial charge in [-0.1, -0.05) is 5.92 Å². The first-order chi connectivity index (χ1) is 9.29. The van der Waals surface area contributed by atoms with Crippen molar-refractivity contribution in [3.05, 3.63) is 34.4 Å². The molecule has 0 N–H and O–H groups in total. The zero-order chi connectivity index (χ0) is 13.2. The van der Waals surface area contributed by atoms with Gasteiger partial charge in [0.2, 0.25) is 0 Å². The standard InChI is InChI=1S/C15H14N2O2/c1-2-9-19-11-6-7-13-12(10-11)15(18)17-8-4-3-5-14(17)16-13/h1,6-7,10H,3-5,8-9H2. The zero-order valence-electron chi connectivity index (χ0n) is 10.6. The largest absolute Gasteiger partial charge is 0.481 e. The molecule has 0 radical (unpaired) electrons. The summed E-state index contributed by atoms with van der Waals surface area (Å²) >= 11 is 0. The van der Waals surface area contributed by atoms with E-state index in [9.17, 15) is 4.79 Å². The van der Waals surface area contributed by atoms with Crippen LogP contribution in [-0.2, 0) is 13.0 Å². The molecule has 0 unspecified atom stereocenters. The van der Waals surface area contributed by atoms with E-state index in [0.29, 0.717) is 11.1 Å². The van der Waals surface area contributed by atoms with Gasteiger partial charge in [-0.3, -0.25) is 9.36 Å². The van der Waals surface area contributed by atoms with E-state index in [-0.39, 0.29) is 12.2 Å². The monoisotopic (exact) mass is 254 g/mol. The SMILES string of the molecule is C#CCOc1ccc2nc3n(c(=O)c2c1)CCCC3. The number of ether oxygens (including phenoxy) is 1. The second-order valence-corrected chi connectivity index (χ2v) is 4.61. The Hall–Kier alpha value is -2.28. The lowest BCUT2D eigenvalue weighted by Crippen LogP contribution is -2.28. The van der Waals surface area contributed by atoms with Crippen molar-refractivity contribution in [1.29, 1.82) is 0 Å². The summed E-state index contributed by atoms with van der Waals surface area (Å²) in [5.41, 5.74) is 0.747. The molecule has 0 saturated heterocycles. The Labute approximate surface area is 111 Å². The first-order valence-corrected chi connectivity index (χ1v) is 6.39. The van der Waals surface area contributed by atoms with E-state index < -0.39 is 0 Å². The third-order valence-corrected chi connectivity index (χ3v) is 3.36. The van der Waals surface area contributed by atoms with Crippen LogP contribution in [0.3, 0.4) is 0 Å². The first kappa shape index (κ1) is 11.8. The van der Waals surface area contributed by atoms with Gasteiger partial charge in [-0.15, -0.1) is 6.42 Å². The molecular formula is C15H14N2O2. The molecule has 96 valence electrons. The fourth-order valence-corrected chi connectivity index (χ4v) is 2.44. The lowest BCUT2D eigenvalue weighted by molar-refractivity contribution is 0.371. The van der Waals surface area contributed by atoms with E-state index in [0.717, 1.165) is 37.1 Å². The molecule has 0 bridgehead atoms. The van der Waals surface area contributed by atoms with Crippen molar-refractivity contribution >= 4 is 10.9 Å². The van der Waals surface area contributed by atoms with Crippen molar-refractivity contribution < 1.29 is 4.74 Å². The molecule has 2 heterocycles. The molecule has 0 fully saturated rings. The van der Waals surface area contributed by atoms with E-state index >= 15 is 0 Å². The number of terminal acetylenes is 1. The molecule has 1 aliphatic heterocycles. The maximum absolute atomic E-state index is 12.4. The fraction of sp³-hybridized carbons (Fsp3) is 0.333. The number of aryl methyl sites for hydroxylation is 1. The molecule has 19 heavy (non-hydrogen) atoms. The van der Waals surface area contributed by atoms with Crippen LogP contribution in [0.25, 0.3) is 10.9 Å². The summed E-state index contributed by atoms with van der Waals surface area (Å²) in [6.45, 7) is 0.956. The molecule has 4 heteroatoms. The Kier molecular flexibility index (Phi) is 2.96. The minimum absolute atomic E-state index is 0.0193. The number of hydrogen-bond donors (Lipinski definition) is 0. The van der Waals surface area contributed by atoms with Gasteiger partial charge < -0.3 is 4.74 Å². The van der Waals surface area contributed by atoms with Crippen LogP contribution in [0.4, 0.5) is 0 Å². The second-order valence-electron chi connectivity index (χ2n) is 4.61. The highest BCUT2D eigenvalue weighted by atomic mass is 16.5. The minimum Gasteiger partial charge on any atom is -0.481 e. The quantitative estimate of drug-likeness (QED) is 0.767. The first-order valence-electron chi connectivity index (χ1n) is 6.39. The van der Waals surface area contributed by atoms with Gasteiger partial charge in [0.05, 0.1) is 10.9 Å². The number of hydrogen-bond acceptors (Lipinski definition) is 3. The van der Waals surface area contributed by atoms with Crippen molar-refractivity contribution in [3.8, 4) is 18.1 Å². The smallest absolute Gasteiger partial charge is 0.261 e. The molecule has 0 spiro atoms. The molecule has 4 nitrogen and oxygen atoms in total. The lowest BCUT2D eigenvalue weighted by Gasteiger charge is -2.17. The molecular weight excluding hydrogens is 240 g/mol. The van der Waals surface area contributed by atoms with Gasteiger partial charge in [-0.2, -0.15) is 0 Å². The molecule has 0 atom stereocenters. The number of rotatable bonds is 2. The molecule has 0 aliphatic carbocycles. The van der Waals surface area contributed by atoms with E-state index in [1.165, 1.54) is 0 Å². The van der Waals surface area contributed by atoms with Crippen LogP contribution >= 0.6 is 0 Å². The number of aromatic nitrogens is 2. The summed E-state index contributed by atoms with van der Waals surface area (Å²) in [4.78, 5) is 17.0. The lowest BCUT2D eigenvalue weighted by atomic mass is 10.1. The van der Waals surface area contributed by atoms with Gasteiger partial charge >= 0.3 is 0 Å². The minimum atomic E-state index is 0.0193. The summed E-state index contributed by atoms with van der Waals surface area (Å²) in [5.74, 6) is 3.91. The Morgan fingerprint density at radius 1 is 1.42 bits per heavy atom. The average Bonchev–Trinajstić information content (AvgIpc) is 2.46. The predicted molar refractivity (Wildman–Crippen MR) is 73.3 cm³/mol. The van der Waals surface area contributed by atoms with Crippen LogP contribution in [0, 0.1) is 12.3 Å². The van der Waals surface area contributed by atoms with Gasteiger partial charge in [0.15, 0.2) is 0 Å². The van der Waals surface area contributed by atoms with E-state index in [1.807, 2.05) is 6.07 Å². The molecule has 3 rings (SSSR count). The maximum atomic E-state index is 12.4. The number of fused-ring (bicyclic) bond motifs is 2. The summed E-state index contributed by atoms with van der Waals surface area (Å²) < 4.78 is 7.12. The third-order valence-electron chi connectivity index (χ3n) is 3.36. The average molecular weight is 254 g/mol. The number of benzene rings is 1. The fourth-order valence-electron chi connectivity index (χ4n) is 2.44. The molecule has 1 aromatic heterocycles. The Morgan fingerprint density at radius 2 is 2.32 bits per heavy atom. The summed E-state index contributed by atoms with van der Waals surface area (Å²) in [6, 6.07) is 5.34. The maximum Gasteiger partial charge on any atom is 0.261 e. The van der Waals surface area contributed by atoms with Crippen LogP contribution in [0.5, 0.6) is 5.75 Å². The van der Waals surface area contributed by atoms with Crippen LogP contribution in [0.2, 0.25) is 0 Å². The van der Waals surface area contributed by atoms with Gasteiger partial charge in [0.1, 0.15) is 18.2 Å². The van der Waals surface area contributed by atoms with E-state index in [2.05, 4.69) is 10.9 Å². The highest BCUT2D eigenvalue weighted by Gasteiger charge is 2.14. The molecule has 1 aliphatic rings. The van der Waals surface area contributed by atoms with Crippen LogP contribution in [0.1, 0.15) is 18.7 Å². The van der Waals surface area contributed by atoms with Gasteiger partial charge in [-0.05, 0) is 31.0 Å². The molecule has 0 saturated carbocycles. The van der Waals surface area contributed by atoms with Crippen LogP contribution < -0.4 is 10.3 Å². The van der Waals surface area contributed by atoms with Crippen molar-refractivity contribution in [2.75, 3.05) is 6.61 Å². The topological polar surface area (TPSA) is 44.1 Å².